The fourth-order valence-corrected chi connectivity index (χ4v) is 4.20. The summed E-state index contributed by atoms with van der Waals surface area (Å²) < 4.78 is 11.7. The molecule has 1 aliphatic rings. The van der Waals surface area contributed by atoms with Crippen LogP contribution in [0.15, 0.2) is 64.7 Å². The fraction of sp³-hybridized carbons (Fsp3) is 0.346. The van der Waals surface area contributed by atoms with Crippen LogP contribution in [0.4, 0.5) is 0 Å². The third kappa shape index (κ3) is 4.34. The number of nitrogens with zero attached hydrogens (tertiary/aromatic N) is 2. The van der Waals surface area contributed by atoms with Gasteiger partial charge in [-0.25, -0.2) is 4.98 Å². The lowest BCUT2D eigenvalue weighted by Crippen LogP contribution is -2.30. The van der Waals surface area contributed by atoms with E-state index in [9.17, 15) is 0 Å². The van der Waals surface area contributed by atoms with Gasteiger partial charge in [0, 0.05) is 30.8 Å². The Kier molecular flexibility index (Phi) is 6.34. The molecular formula is C26H30N2O2. The minimum absolute atomic E-state index is 0.758. The highest BCUT2D eigenvalue weighted by Gasteiger charge is 2.23. The monoisotopic (exact) mass is 402 g/mol. The van der Waals surface area contributed by atoms with Gasteiger partial charge in [-0.3, -0.25) is 4.90 Å². The maximum Gasteiger partial charge on any atom is 0.223 e. The van der Waals surface area contributed by atoms with E-state index >= 15 is 0 Å². The summed E-state index contributed by atoms with van der Waals surface area (Å²) in [7, 11) is 1.71. The van der Waals surface area contributed by atoms with E-state index in [1.54, 1.807) is 7.11 Å². The first-order chi connectivity index (χ1) is 14.7. The summed E-state index contributed by atoms with van der Waals surface area (Å²) in [5.74, 6) is 2.49. The molecule has 4 heteroatoms. The SMILES string of the molecule is CCC1=C(c2ncc(-c3ccc(OC)c(CC)c3)o2)CN(Cc2ccccc2)CC1. The molecule has 0 bridgehead atoms. The molecule has 0 amide bonds. The quantitative estimate of drug-likeness (QED) is 0.487. The zero-order chi connectivity index (χ0) is 20.9. The third-order valence-corrected chi connectivity index (χ3v) is 5.92. The second kappa shape index (κ2) is 9.31. The first-order valence-electron chi connectivity index (χ1n) is 10.8. The van der Waals surface area contributed by atoms with Crippen molar-refractivity contribution in [1.29, 1.82) is 0 Å². The Labute approximate surface area is 179 Å². The highest BCUT2D eigenvalue weighted by atomic mass is 16.5. The van der Waals surface area contributed by atoms with Crippen molar-refractivity contribution in [3.63, 3.8) is 0 Å². The van der Waals surface area contributed by atoms with Gasteiger partial charge >= 0.3 is 0 Å². The Hall–Kier alpha value is -2.85. The van der Waals surface area contributed by atoms with Crippen LogP contribution in [0, 0.1) is 0 Å². The summed E-state index contributed by atoms with van der Waals surface area (Å²) in [5, 5.41) is 0. The van der Waals surface area contributed by atoms with Gasteiger partial charge in [-0.2, -0.15) is 0 Å². The van der Waals surface area contributed by atoms with Gasteiger partial charge in [0.1, 0.15) is 5.75 Å². The smallest absolute Gasteiger partial charge is 0.223 e. The number of aromatic nitrogens is 1. The Morgan fingerprint density at radius 3 is 2.63 bits per heavy atom. The third-order valence-electron chi connectivity index (χ3n) is 5.92. The van der Waals surface area contributed by atoms with Crippen LogP contribution in [0.2, 0.25) is 0 Å². The summed E-state index contributed by atoms with van der Waals surface area (Å²) in [6.45, 7) is 7.26. The van der Waals surface area contributed by atoms with Gasteiger partial charge in [-0.05, 0) is 48.6 Å². The van der Waals surface area contributed by atoms with E-state index in [0.29, 0.717) is 0 Å². The van der Waals surface area contributed by atoms with Gasteiger partial charge in [0.05, 0.1) is 13.3 Å². The standard InChI is InChI=1S/C26H30N2O2/c1-4-20-13-14-28(17-19-9-7-6-8-10-19)18-23(20)26-27-16-25(30-26)22-11-12-24(29-3)21(5-2)15-22/h6-12,15-16H,4-5,13-14,17-18H2,1-3H3. The van der Waals surface area contributed by atoms with Crippen molar-refractivity contribution in [2.75, 3.05) is 20.2 Å². The maximum absolute atomic E-state index is 6.28. The van der Waals surface area contributed by atoms with Gasteiger partial charge in [-0.15, -0.1) is 0 Å². The van der Waals surface area contributed by atoms with Crippen molar-refractivity contribution < 1.29 is 9.15 Å². The number of methoxy groups -OCH3 is 1. The second-order valence-corrected chi connectivity index (χ2v) is 7.79. The molecule has 0 unspecified atom stereocenters. The maximum atomic E-state index is 6.28. The molecule has 0 N–H and O–H groups in total. The first-order valence-corrected chi connectivity index (χ1v) is 10.8. The topological polar surface area (TPSA) is 38.5 Å². The fourth-order valence-electron chi connectivity index (χ4n) is 4.20. The Morgan fingerprint density at radius 1 is 1.07 bits per heavy atom. The molecule has 0 saturated carbocycles. The van der Waals surface area contributed by atoms with Crippen molar-refractivity contribution in [3.05, 3.63) is 77.3 Å². The Balaban J connectivity index is 1.58. The molecule has 0 fully saturated rings. The van der Waals surface area contributed by atoms with E-state index < -0.39 is 0 Å². The number of aryl methyl sites for hydroxylation is 1. The summed E-state index contributed by atoms with van der Waals surface area (Å²) in [6, 6.07) is 16.8. The van der Waals surface area contributed by atoms with E-state index in [-0.39, 0.29) is 0 Å². The molecule has 0 saturated heterocycles. The van der Waals surface area contributed by atoms with E-state index in [0.717, 1.165) is 61.9 Å². The number of rotatable bonds is 7. The summed E-state index contributed by atoms with van der Waals surface area (Å²) in [6.07, 6.45) is 4.87. The number of benzene rings is 2. The highest BCUT2D eigenvalue weighted by Crippen LogP contribution is 2.33. The molecule has 1 aliphatic heterocycles. The predicted octanol–water partition coefficient (Wildman–Crippen LogP) is 5.98. The number of oxazole rings is 1. The summed E-state index contributed by atoms with van der Waals surface area (Å²) in [4.78, 5) is 7.15. The van der Waals surface area contributed by atoms with E-state index in [2.05, 4.69) is 60.1 Å². The second-order valence-electron chi connectivity index (χ2n) is 7.79. The summed E-state index contributed by atoms with van der Waals surface area (Å²) >= 11 is 0. The lowest BCUT2D eigenvalue weighted by molar-refractivity contribution is 0.288. The first kappa shape index (κ1) is 20.4. The molecule has 0 atom stereocenters. The van der Waals surface area contributed by atoms with Gasteiger partial charge in [0.25, 0.3) is 0 Å². The zero-order valence-electron chi connectivity index (χ0n) is 18.1. The van der Waals surface area contributed by atoms with Crippen molar-refractivity contribution in [2.45, 2.75) is 39.7 Å². The zero-order valence-corrected chi connectivity index (χ0v) is 18.1. The van der Waals surface area contributed by atoms with Crippen LogP contribution in [0.5, 0.6) is 5.75 Å². The van der Waals surface area contributed by atoms with Gasteiger partial charge < -0.3 is 9.15 Å². The normalized spacial score (nSPS) is 14.9. The van der Waals surface area contributed by atoms with Crippen molar-refractivity contribution in [2.24, 2.45) is 0 Å². The lowest BCUT2D eigenvalue weighted by atomic mass is 9.97. The Bertz CT molecular complexity index is 1020. The van der Waals surface area contributed by atoms with Crippen LogP contribution in [-0.2, 0) is 13.0 Å². The van der Waals surface area contributed by atoms with Crippen molar-refractivity contribution in [1.82, 2.24) is 9.88 Å². The molecule has 0 spiro atoms. The average molecular weight is 403 g/mol. The van der Waals surface area contributed by atoms with Gasteiger partial charge in [-0.1, -0.05) is 49.8 Å². The minimum Gasteiger partial charge on any atom is -0.496 e. The van der Waals surface area contributed by atoms with Crippen LogP contribution in [0.1, 0.15) is 43.7 Å². The molecule has 30 heavy (non-hydrogen) atoms. The van der Waals surface area contributed by atoms with E-state index in [1.807, 2.05) is 18.3 Å². The molecular weight excluding hydrogens is 372 g/mol. The van der Waals surface area contributed by atoms with Crippen LogP contribution in [0.3, 0.4) is 0 Å². The van der Waals surface area contributed by atoms with Crippen molar-refractivity contribution >= 4 is 5.57 Å². The van der Waals surface area contributed by atoms with Crippen LogP contribution in [-0.4, -0.2) is 30.1 Å². The molecule has 2 heterocycles. The van der Waals surface area contributed by atoms with E-state index in [1.165, 1.54) is 22.3 Å². The van der Waals surface area contributed by atoms with Crippen LogP contribution in [0.25, 0.3) is 16.9 Å². The number of hydrogen-bond donors (Lipinski definition) is 0. The lowest BCUT2D eigenvalue weighted by Gasteiger charge is -2.29. The molecule has 4 nitrogen and oxygen atoms in total. The molecule has 0 radical (unpaired) electrons. The van der Waals surface area contributed by atoms with Crippen LogP contribution < -0.4 is 4.74 Å². The van der Waals surface area contributed by atoms with Gasteiger partial charge in [0.2, 0.25) is 5.89 Å². The van der Waals surface area contributed by atoms with Gasteiger partial charge in [0.15, 0.2) is 5.76 Å². The number of ether oxygens (including phenoxy) is 1. The van der Waals surface area contributed by atoms with E-state index in [4.69, 9.17) is 9.15 Å². The molecule has 156 valence electrons. The Morgan fingerprint density at radius 2 is 1.90 bits per heavy atom. The molecule has 0 aliphatic carbocycles. The largest absolute Gasteiger partial charge is 0.496 e. The average Bonchev–Trinajstić information content (AvgIpc) is 3.29. The van der Waals surface area contributed by atoms with Crippen LogP contribution >= 0.6 is 0 Å². The molecule has 1 aromatic heterocycles. The molecule has 2 aromatic carbocycles. The molecule has 4 rings (SSSR count). The predicted molar refractivity (Wildman–Crippen MR) is 121 cm³/mol. The highest BCUT2D eigenvalue weighted by molar-refractivity contribution is 5.68. The molecule has 3 aromatic rings. The summed E-state index contributed by atoms with van der Waals surface area (Å²) in [5.41, 5.74) is 6.26. The minimum atomic E-state index is 0.758. The number of hydrogen-bond acceptors (Lipinski definition) is 4. The van der Waals surface area contributed by atoms with Crippen molar-refractivity contribution in [3.8, 4) is 17.1 Å².